The maximum atomic E-state index is 12.0. The molecular weight excluding hydrogens is 258 g/mol. The lowest BCUT2D eigenvalue weighted by atomic mass is 9.90. The Labute approximate surface area is 115 Å². The number of aliphatic carboxylic acids is 1. The molecule has 6 heteroatoms. The molecule has 6 nitrogen and oxygen atoms in total. The highest BCUT2D eigenvalue weighted by Gasteiger charge is 2.41. The third-order valence-electron chi connectivity index (χ3n) is 3.87. The molecule has 1 aliphatic heterocycles. The van der Waals surface area contributed by atoms with Crippen LogP contribution in [-0.2, 0) is 4.79 Å². The molecular formula is C14H15N3O3. The molecule has 1 atom stereocenters. The second-order valence-electron chi connectivity index (χ2n) is 5.42. The normalized spacial score (nSPS) is 22.4. The maximum absolute atomic E-state index is 12.0. The summed E-state index contributed by atoms with van der Waals surface area (Å²) in [5, 5.41) is 9.25. The maximum Gasteiger partial charge on any atom is 0.311 e. The van der Waals surface area contributed by atoms with E-state index in [0.717, 1.165) is 0 Å². The van der Waals surface area contributed by atoms with E-state index in [4.69, 9.17) is 0 Å². The molecule has 1 saturated heterocycles. The van der Waals surface area contributed by atoms with Crippen molar-refractivity contribution in [2.24, 2.45) is 5.41 Å². The van der Waals surface area contributed by atoms with Crippen LogP contribution >= 0.6 is 0 Å². The van der Waals surface area contributed by atoms with E-state index >= 15 is 0 Å². The van der Waals surface area contributed by atoms with Gasteiger partial charge in [-0.3, -0.25) is 14.0 Å². The van der Waals surface area contributed by atoms with Gasteiger partial charge < -0.3 is 10.0 Å². The number of nitrogens with zero attached hydrogens (tertiary/aromatic N) is 3. The summed E-state index contributed by atoms with van der Waals surface area (Å²) in [5.41, 5.74) is -0.364. The number of rotatable bonds is 2. The second-order valence-corrected chi connectivity index (χ2v) is 5.42. The third kappa shape index (κ3) is 1.93. The first-order valence-corrected chi connectivity index (χ1v) is 6.46. The van der Waals surface area contributed by atoms with Gasteiger partial charge in [-0.25, -0.2) is 4.98 Å². The Morgan fingerprint density at radius 3 is 2.95 bits per heavy atom. The minimum Gasteiger partial charge on any atom is -0.481 e. The molecule has 2 aromatic heterocycles. The highest BCUT2D eigenvalue weighted by atomic mass is 16.4. The molecule has 0 radical (unpaired) electrons. The molecule has 104 valence electrons. The topological polar surface area (TPSA) is 74.9 Å². The van der Waals surface area contributed by atoms with E-state index < -0.39 is 11.4 Å². The zero-order valence-electron chi connectivity index (χ0n) is 11.1. The van der Waals surface area contributed by atoms with Gasteiger partial charge in [0.05, 0.1) is 5.41 Å². The molecule has 0 aliphatic carbocycles. The molecule has 0 saturated carbocycles. The first kappa shape index (κ1) is 12.7. The van der Waals surface area contributed by atoms with Crippen molar-refractivity contribution >= 4 is 17.4 Å². The molecule has 1 fully saturated rings. The van der Waals surface area contributed by atoms with Crippen LogP contribution in [0.5, 0.6) is 0 Å². The number of carboxylic acids is 1. The molecule has 0 bridgehead atoms. The number of fused-ring (bicyclic) bond motifs is 1. The fourth-order valence-corrected chi connectivity index (χ4v) is 2.53. The van der Waals surface area contributed by atoms with Gasteiger partial charge in [-0.1, -0.05) is 6.07 Å². The van der Waals surface area contributed by atoms with Gasteiger partial charge in [-0.2, -0.15) is 0 Å². The van der Waals surface area contributed by atoms with E-state index in [1.54, 1.807) is 25.3 Å². The summed E-state index contributed by atoms with van der Waals surface area (Å²) in [6.07, 6.45) is 2.22. The monoisotopic (exact) mass is 273 g/mol. The molecule has 1 aliphatic rings. The highest BCUT2D eigenvalue weighted by Crippen LogP contribution is 2.32. The fourth-order valence-electron chi connectivity index (χ4n) is 2.53. The lowest BCUT2D eigenvalue weighted by Crippen LogP contribution is -2.32. The highest BCUT2D eigenvalue weighted by molar-refractivity contribution is 5.76. The van der Waals surface area contributed by atoms with Crippen molar-refractivity contribution in [1.82, 2.24) is 9.38 Å². The summed E-state index contributed by atoms with van der Waals surface area (Å²) in [7, 11) is 0. The Hall–Kier alpha value is -2.37. The minimum atomic E-state index is -0.808. The lowest BCUT2D eigenvalue weighted by molar-refractivity contribution is -0.146. The average molecular weight is 273 g/mol. The molecule has 1 N–H and O–H groups in total. The second kappa shape index (κ2) is 4.33. The van der Waals surface area contributed by atoms with Crippen LogP contribution < -0.4 is 10.5 Å². The number of carboxylic acid groups (broad SMARTS) is 1. The summed E-state index contributed by atoms with van der Waals surface area (Å²) < 4.78 is 1.47. The van der Waals surface area contributed by atoms with Gasteiger partial charge >= 0.3 is 5.97 Å². The van der Waals surface area contributed by atoms with Gasteiger partial charge in [0.25, 0.3) is 5.56 Å². The van der Waals surface area contributed by atoms with Crippen molar-refractivity contribution in [3.8, 4) is 0 Å². The van der Waals surface area contributed by atoms with Crippen molar-refractivity contribution in [2.45, 2.75) is 13.3 Å². The van der Waals surface area contributed by atoms with Crippen LogP contribution in [0.3, 0.4) is 0 Å². The summed E-state index contributed by atoms with van der Waals surface area (Å²) in [6, 6.07) is 6.81. The Morgan fingerprint density at radius 2 is 2.25 bits per heavy atom. The number of hydrogen-bond acceptors (Lipinski definition) is 4. The minimum absolute atomic E-state index is 0.158. The first-order chi connectivity index (χ1) is 9.49. The molecule has 0 aromatic carbocycles. The van der Waals surface area contributed by atoms with Crippen molar-refractivity contribution < 1.29 is 9.90 Å². The molecule has 3 rings (SSSR count). The predicted octanol–water partition coefficient (Wildman–Crippen LogP) is 0.995. The van der Waals surface area contributed by atoms with Crippen LogP contribution in [0.15, 0.2) is 35.3 Å². The molecule has 2 aromatic rings. The molecule has 20 heavy (non-hydrogen) atoms. The zero-order valence-corrected chi connectivity index (χ0v) is 11.1. The summed E-state index contributed by atoms with van der Waals surface area (Å²) >= 11 is 0. The smallest absolute Gasteiger partial charge is 0.311 e. The van der Waals surface area contributed by atoms with Crippen LogP contribution in [0.25, 0.3) is 5.65 Å². The Bertz CT molecular complexity index is 740. The van der Waals surface area contributed by atoms with E-state index in [9.17, 15) is 14.7 Å². The first-order valence-electron chi connectivity index (χ1n) is 6.46. The predicted molar refractivity (Wildman–Crippen MR) is 74.0 cm³/mol. The van der Waals surface area contributed by atoms with Crippen LogP contribution in [0.2, 0.25) is 0 Å². The standard InChI is InChI=1S/C14H15N3O3/c1-14(13(19)20)5-7-16(9-14)11-8-12(18)17-6-3-2-4-10(17)15-11/h2-4,6,8H,5,7,9H2,1H3,(H,19,20). The van der Waals surface area contributed by atoms with E-state index in [0.29, 0.717) is 31.0 Å². The van der Waals surface area contributed by atoms with Gasteiger partial charge in [-0.05, 0) is 25.5 Å². The number of anilines is 1. The summed E-state index contributed by atoms with van der Waals surface area (Å²) in [4.78, 5) is 29.6. The molecule has 0 amide bonds. The van der Waals surface area contributed by atoms with Crippen molar-refractivity contribution in [3.05, 3.63) is 40.8 Å². The van der Waals surface area contributed by atoms with Crippen LogP contribution in [0, 0.1) is 5.41 Å². The fraction of sp³-hybridized carbons (Fsp3) is 0.357. The van der Waals surface area contributed by atoms with Gasteiger partial charge in [0.2, 0.25) is 0 Å². The van der Waals surface area contributed by atoms with Crippen LogP contribution in [0.1, 0.15) is 13.3 Å². The molecule has 3 heterocycles. The number of carbonyl (C=O) groups is 1. The summed E-state index contributed by atoms with van der Waals surface area (Å²) in [6.45, 7) is 2.69. The van der Waals surface area contributed by atoms with Crippen LogP contribution in [0.4, 0.5) is 5.82 Å². The third-order valence-corrected chi connectivity index (χ3v) is 3.87. The Balaban J connectivity index is 2.00. The van der Waals surface area contributed by atoms with E-state index in [-0.39, 0.29) is 5.56 Å². The number of aromatic nitrogens is 2. The quantitative estimate of drug-likeness (QED) is 0.883. The van der Waals surface area contributed by atoms with Crippen molar-refractivity contribution in [1.29, 1.82) is 0 Å². The average Bonchev–Trinajstić information content (AvgIpc) is 2.83. The zero-order chi connectivity index (χ0) is 14.3. The summed E-state index contributed by atoms with van der Waals surface area (Å²) in [5.74, 6) is -0.260. The Morgan fingerprint density at radius 1 is 1.45 bits per heavy atom. The van der Waals surface area contributed by atoms with Gasteiger partial charge in [0, 0.05) is 25.4 Å². The van der Waals surface area contributed by atoms with E-state index in [1.807, 2.05) is 11.0 Å². The van der Waals surface area contributed by atoms with E-state index in [1.165, 1.54) is 10.5 Å². The van der Waals surface area contributed by atoms with E-state index in [2.05, 4.69) is 4.98 Å². The van der Waals surface area contributed by atoms with Crippen LogP contribution in [-0.4, -0.2) is 33.6 Å². The number of pyridine rings is 1. The van der Waals surface area contributed by atoms with Gasteiger partial charge in [0.15, 0.2) is 0 Å². The molecule has 1 unspecified atom stereocenters. The largest absolute Gasteiger partial charge is 0.481 e. The molecule has 0 spiro atoms. The Kier molecular flexibility index (Phi) is 2.74. The van der Waals surface area contributed by atoms with Crippen molar-refractivity contribution in [3.63, 3.8) is 0 Å². The van der Waals surface area contributed by atoms with Gasteiger partial charge in [0.1, 0.15) is 11.5 Å². The SMILES string of the molecule is CC1(C(=O)O)CCN(c2cc(=O)n3ccccc3n2)C1. The van der Waals surface area contributed by atoms with Gasteiger partial charge in [-0.15, -0.1) is 0 Å². The lowest BCUT2D eigenvalue weighted by Gasteiger charge is -2.20. The van der Waals surface area contributed by atoms with Crippen molar-refractivity contribution in [2.75, 3.05) is 18.0 Å². The number of hydrogen-bond donors (Lipinski definition) is 1.